The molecule has 4 rings (SSSR count). The van der Waals surface area contributed by atoms with Crippen molar-refractivity contribution in [2.45, 2.75) is 31.8 Å². The molecule has 0 saturated carbocycles. The second-order valence-electron chi connectivity index (χ2n) is 7.55. The highest BCUT2D eigenvalue weighted by Gasteiger charge is 2.22. The number of rotatable bonds is 6. The average molecular weight is 420 g/mol. The van der Waals surface area contributed by atoms with Gasteiger partial charge >= 0.3 is 11.9 Å². The number of fused-ring (bicyclic) bond motifs is 2. The second kappa shape index (κ2) is 9.04. The van der Waals surface area contributed by atoms with Crippen molar-refractivity contribution >= 4 is 28.7 Å². The van der Waals surface area contributed by atoms with Crippen molar-refractivity contribution in [1.82, 2.24) is 9.88 Å². The second-order valence-corrected chi connectivity index (χ2v) is 7.55. The lowest BCUT2D eigenvalue weighted by molar-refractivity contribution is -0.149. The molecule has 1 aliphatic carbocycles. The number of nitrogens with one attached hydrogen (secondary N) is 1. The van der Waals surface area contributed by atoms with Crippen LogP contribution in [-0.2, 0) is 32.0 Å². The summed E-state index contributed by atoms with van der Waals surface area (Å²) in [6.45, 7) is -0.461. The van der Waals surface area contributed by atoms with Gasteiger partial charge in [0.25, 0.3) is 5.91 Å². The monoisotopic (exact) mass is 420 g/mol. The van der Waals surface area contributed by atoms with Gasteiger partial charge in [-0.2, -0.15) is 0 Å². The third-order valence-electron chi connectivity index (χ3n) is 5.56. The highest BCUT2D eigenvalue weighted by atomic mass is 16.5. The molecule has 1 amide bonds. The molecule has 31 heavy (non-hydrogen) atoms. The number of hydrogen-bond donors (Lipinski definition) is 1. The number of para-hydroxylation sites is 1. The number of benzene rings is 2. The molecule has 1 N–H and O–H groups in total. The van der Waals surface area contributed by atoms with E-state index in [1.54, 1.807) is 16.8 Å². The molecule has 1 atom stereocenters. The summed E-state index contributed by atoms with van der Waals surface area (Å²) in [4.78, 5) is 36.7. The molecule has 0 bridgehead atoms. The highest BCUT2D eigenvalue weighted by molar-refractivity contribution is 6.04. The molecule has 7 nitrogen and oxygen atoms in total. The predicted molar refractivity (Wildman–Crippen MR) is 115 cm³/mol. The zero-order chi connectivity index (χ0) is 21.8. The Balaban J connectivity index is 1.37. The zero-order valence-corrected chi connectivity index (χ0v) is 17.3. The van der Waals surface area contributed by atoms with Crippen molar-refractivity contribution in [2.24, 2.45) is 0 Å². The first-order valence-electron chi connectivity index (χ1n) is 10.3. The third-order valence-corrected chi connectivity index (χ3v) is 5.56. The molecule has 0 saturated heterocycles. The largest absolute Gasteiger partial charge is 0.465 e. The minimum absolute atomic E-state index is 0.0628. The van der Waals surface area contributed by atoms with Gasteiger partial charge in [0.05, 0.1) is 18.7 Å². The minimum Gasteiger partial charge on any atom is -0.465 e. The Kier molecular flexibility index (Phi) is 6.02. The fraction of sp³-hybridized carbons (Fsp3) is 0.292. The summed E-state index contributed by atoms with van der Waals surface area (Å²) in [5.41, 5.74) is 3.46. The lowest BCUT2D eigenvalue weighted by Gasteiger charge is -2.26. The summed E-state index contributed by atoms with van der Waals surface area (Å²) in [5.74, 6) is -1.37. The summed E-state index contributed by atoms with van der Waals surface area (Å²) < 4.78 is 11.6. The molecule has 0 spiro atoms. The SMILES string of the molecule is COC(=O)c1cn(CC(=O)OCC(=O)N[C@@H]2CCCc3ccccc32)c2ccccc12. The van der Waals surface area contributed by atoms with Crippen LogP contribution in [0.25, 0.3) is 10.9 Å². The number of amides is 1. The maximum atomic E-state index is 12.4. The topological polar surface area (TPSA) is 86.6 Å². The lowest BCUT2D eigenvalue weighted by atomic mass is 9.88. The predicted octanol–water partition coefficient (Wildman–Crippen LogP) is 3.16. The van der Waals surface area contributed by atoms with E-state index in [4.69, 9.17) is 9.47 Å². The first-order chi connectivity index (χ1) is 15.1. The molecule has 1 aliphatic rings. The van der Waals surface area contributed by atoms with Gasteiger partial charge in [-0.25, -0.2) is 4.79 Å². The third kappa shape index (κ3) is 4.45. The maximum Gasteiger partial charge on any atom is 0.340 e. The number of nitrogens with zero attached hydrogens (tertiary/aromatic N) is 1. The molecule has 1 aromatic heterocycles. The number of carbonyl (C=O) groups excluding carboxylic acids is 3. The van der Waals surface area contributed by atoms with E-state index in [1.807, 2.05) is 36.4 Å². The Hall–Kier alpha value is -3.61. The number of aryl methyl sites for hydroxylation is 1. The molecule has 0 fully saturated rings. The van der Waals surface area contributed by atoms with Gasteiger partial charge in [-0.05, 0) is 36.5 Å². The Labute approximate surface area is 179 Å². The number of esters is 2. The number of methoxy groups -OCH3 is 1. The van der Waals surface area contributed by atoms with Crippen molar-refractivity contribution < 1.29 is 23.9 Å². The highest BCUT2D eigenvalue weighted by Crippen LogP contribution is 2.29. The van der Waals surface area contributed by atoms with Crippen molar-refractivity contribution in [3.05, 3.63) is 71.4 Å². The molecule has 0 unspecified atom stereocenters. The summed E-state index contributed by atoms with van der Waals surface area (Å²) in [7, 11) is 1.31. The number of aromatic nitrogens is 1. The molecule has 7 heteroatoms. The summed E-state index contributed by atoms with van der Waals surface area (Å²) in [5, 5.41) is 3.66. The van der Waals surface area contributed by atoms with Gasteiger partial charge in [-0.1, -0.05) is 42.5 Å². The van der Waals surface area contributed by atoms with Gasteiger partial charge in [0, 0.05) is 17.1 Å². The number of ether oxygens (including phenoxy) is 2. The van der Waals surface area contributed by atoms with Crippen LogP contribution in [0.1, 0.15) is 40.4 Å². The Morgan fingerprint density at radius 2 is 1.87 bits per heavy atom. The van der Waals surface area contributed by atoms with Gasteiger partial charge in [-0.15, -0.1) is 0 Å². The maximum absolute atomic E-state index is 12.4. The van der Waals surface area contributed by atoms with Gasteiger partial charge in [-0.3, -0.25) is 9.59 Å². The van der Waals surface area contributed by atoms with Crippen LogP contribution in [0.3, 0.4) is 0 Å². The van der Waals surface area contributed by atoms with E-state index >= 15 is 0 Å². The molecule has 3 aromatic rings. The van der Waals surface area contributed by atoms with Gasteiger partial charge in [0.15, 0.2) is 6.61 Å². The van der Waals surface area contributed by atoms with Crippen LogP contribution in [0.5, 0.6) is 0 Å². The van der Waals surface area contributed by atoms with E-state index in [0.29, 0.717) is 16.5 Å². The van der Waals surface area contributed by atoms with Crippen LogP contribution >= 0.6 is 0 Å². The van der Waals surface area contributed by atoms with Crippen LogP contribution in [0.4, 0.5) is 0 Å². The Morgan fingerprint density at radius 3 is 2.71 bits per heavy atom. The first-order valence-corrected chi connectivity index (χ1v) is 10.3. The smallest absolute Gasteiger partial charge is 0.340 e. The zero-order valence-electron chi connectivity index (χ0n) is 17.3. The van der Waals surface area contributed by atoms with E-state index in [2.05, 4.69) is 11.4 Å². The van der Waals surface area contributed by atoms with Crippen LogP contribution < -0.4 is 5.32 Å². The van der Waals surface area contributed by atoms with E-state index < -0.39 is 11.9 Å². The minimum atomic E-state index is -0.559. The summed E-state index contributed by atoms with van der Waals surface area (Å²) in [6.07, 6.45) is 4.44. The fourth-order valence-corrected chi connectivity index (χ4v) is 4.12. The molecule has 160 valence electrons. The van der Waals surface area contributed by atoms with E-state index in [9.17, 15) is 14.4 Å². The van der Waals surface area contributed by atoms with Gasteiger partial charge in [0.2, 0.25) is 0 Å². The molecular formula is C24H24N2O5. The van der Waals surface area contributed by atoms with Crippen LogP contribution in [0, 0.1) is 0 Å². The van der Waals surface area contributed by atoms with Gasteiger partial charge < -0.3 is 19.4 Å². The van der Waals surface area contributed by atoms with E-state index in [0.717, 1.165) is 24.8 Å². The van der Waals surface area contributed by atoms with Crippen molar-refractivity contribution in [1.29, 1.82) is 0 Å². The van der Waals surface area contributed by atoms with Crippen LogP contribution in [0.2, 0.25) is 0 Å². The van der Waals surface area contributed by atoms with Crippen LogP contribution in [0.15, 0.2) is 54.7 Å². The normalized spacial score (nSPS) is 15.2. The standard InChI is InChI=1S/C24H24N2O5/c1-30-24(29)19-13-26(21-12-5-4-10-18(19)21)14-23(28)31-15-22(27)25-20-11-6-8-16-7-2-3-9-17(16)20/h2-5,7,9-10,12-13,20H,6,8,11,14-15H2,1H3,(H,25,27)/t20-/m1/s1. The summed E-state index contributed by atoms with van der Waals surface area (Å²) >= 11 is 0. The Bertz CT molecular complexity index is 1130. The molecular weight excluding hydrogens is 396 g/mol. The molecule has 2 aromatic carbocycles. The Morgan fingerprint density at radius 1 is 1.10 bits per heavy atom. The van der Waals surface area contributed by atoms with E-state index in [1.165, 1.54) is 12.7 Å². The average Bonchev–Trinajstić information content (AvgIpc) is 3.16. The summed E-state index contributed by atoms with van der Waals surface area (Å²) in [6, 6.07) is 15.2. The van der Waals surface area contributed by atoms with Crippen LogP contribution in [-0.4, -0.2) is 36.1 Å². The van der Waals surface area contributed by atoms with Crippen molar-refractivity contribution in [2.75, 3.05) is 13.7 Å². The molecule has 0 radical (unpaired) electrons. The molecule has 0 aliphatic heterocycles. The number of carbonyl (C=O) groups is 3. The molecule has 1 heterocycles. The fourth-order valence-electron chi connectivity index (χ4n) is 4.12. The van der Waals surface area contributed by atoms with Crippen molar-refractivity contribution in [3.8, 4) is 0 Å². The quantitative estimate of drug-likeness (QED) is 0.619. The number of hydrogen-bond acceptors (Lipinski definition) is 5. The lowest BCUT2D eigenvalue weighted by Crippen LogP contribution is -2.34. The first kappa shape index (κ1) is 20.7. The van der Waals surface area contributed by atoms with Gasteiger partial charge in [0.1, 0.15) is 6.54 Å². The van der Waals surface area contributed by atoms with Crippen molar-refractivity contribution in [3.63, 3.8) is 0 Å². The van der Waals surface area contributed by atoms with E-state index in [-0.39, 0.29) is 25.1 Å².